The fourth-order valence-corrected chi connectivity index (χ4v) is 9.71. The molecule has 0 saturated carbocycles. The van der Waals surface area contributed by atoms with E-state index in [-0.39, 0.29) is 0 Å². The molecule has 12 aromatic rings. The van der Waals surface area contributed by atoms with E-state index in [0.29, 0.717) is 17.5 Å². The molecule has 57 heavy (non-hydrogen) atoms. The van der Waals surface area contributed by atoms with E-state index in [1.807, 2.05) is 65.9 Å². The lowest BCUT2D eigenvalue weighted by atomic mass is 10.0. The van der Waals surface area contributed by atoms with Crippen LogP contribution < -0.4 is 0 Å². The van der Waals surface area contributed by atoms with E-state index in [9.17, 15) is 0 Å². The Balaban J connectivity index is 1.02. The van der Waals surface area contributed by atoms with Crippen LogP contribution in [0.5, 0.6) is 0 Å². The van der Waals surface area contributed by atoms with Crippen LogP contribution in [0, 0.1) is 0 Å². The molecule has 266 valence electrons. The summed E-state index contributed by atoms with van der Waals surface area (Å²) in [6.45, 7) is 0. The summed E-state index contributed by atoms with van der Waals surface area (Å²) in [5.74, 6) is 1.85. The van der Waals surface area contributed by atoms with Crippen molar-refractivity contribution in [3.63, 3.8) is 0 Å². The Morgan fingerprint density at radius 3 is 1.72 bits per heavy atom. The smallest absolute Gasteiger partial charge is 0.164 e. The van der Waals surface area contributed by atoms with E-state index in [1.54, 1.807) is 0 Å². The van der Waals surface area contributed by atoms with Gasteiger partial charge >= 0.3 is 0 Å². The second-order valence-electron chi connectivity index (χ2n) is 14.4. The van der Waals surface area contributed by atoms with Crippen molar-refractivity contribution in [1.82, 2.24) is 19.5 Å². The summed E-state index contributed by atoms with van der Waals surface area (Å²) in [6, 6.07) is 63.9. The molecule has 0 atom stereocenters. The molecule has 4 aromatic heterocycles. The average Bonchev–Trinajstić information content (AvgIpc) is 3.95. The van der Waals surface area contributed by atoms with Gasteiger partial charge in [-0.05, 0) is 42.5 Å². The van der Waals surface area contributed by atoms with Gasteiger partial charge in [0.2, 0.25) is 0 Å². The minimum Gasteiger partial charge on any atom is -0.456 e. The van der Waals surface area contributed by atoms with E-state index in [4.69, 9.17) is 19.4 Å². The van der Waals surface area contributed by atoms with Crippen LogP contribution in [0.4, 0.5) is 0 Å². The number of nitrogens with zero attached hydrogens (tertiary/aromatic N) is 4. The first-order valence-electron chi connectivity index (χ1n) is 19.0. The Bertz CT molecular complexity index is 3490. The lowest BCUT2D eigenvalue weighted by molar-refractivity contribution is 0.669. The van der Waals surface area contributed by atoms with Gasteiger partial charge < -0.3 is 8.98 Å². The van der Waals surface area contributed by atoms with Gasteiger partial charge in [-0.1, -0.05) is 140 Å². The molecule has 0 radical (unpaired) electrons. The molecule has 0 N–H and O–H groups in total. The highest BCUT2D eigenvalue weighted by atomic mass is 32.1. The van der Waals surface area contributed by atoms with Crippen LogP contribution >= 0.6 is 11.3 Å². The molecule has 0 saturated heterocycles. The van der Waals surface area contributed by atoms with Crippen LogP contribution in [0.15, 0.2) is 186 Å². The zero-order valence-electron chi connectivity index (χ0n) is 30.4. The Kier molecular flexibility index (Phi) is 7.03. The minimum absolute atomic E-state index is 0.599. The van der Waals surface area contributed by atoms with Crippen LogP contribution in [0.1, 0.15) is 0 Å². The molecule has 12 rings (SSSR count). The number of benzene rings is 8. The van der Waals surface area contributed by atoms with Gasteiger partial charge in [-0.3, -0.25) is 0 Å². The van der Waals surface area contributed by atoms with Crippen LogP contribution in [0.2, 0.25) is 0 Å². The standard InChI is InChI=1S/C51H30N4OS/c1-2-13-31(14-3-1)49-52-50(32-25-27-38-37-18-7-11-24-45(37)56-46(38)29-32)54-51(53-49)33-26-28-39-41-20-12-19-40(48(41)57-47(39)30-33)36-17-6-10-23-44(36)55-42-21-8-4-15-34(42)35-16-5-9-22-43(35)55/h1-30H. The summed E-state index contributed by atoms with van der Waals surface area (Å²) in [4.78, 5) is 15.2. The highest BCUT2D eigenvalue weighted by Gasteiger charge is 2.19. The number of para-hydroxylation sites is 4. The third kappa shape index (κ3) is 5.04. The fourth-order valence-electron chi connectivity index (χ4n) is 8.44. The number of thiophene rings is 1. The van der Waals surface area contributed by atoms with Gasteiger partial charge in [0.05, 0.1) is 16.7 Å². The predicted octanol–water partition coefficient (Wildman–Crippen LogP) is 13.9. The maximum absolute atomic E-state index is 6.26. The third-order valence-electron chi connectivity index (χ3n) is 11.1. The lowest BCUT2D eigenvalue weighted by Crippen LogP contribution is -2.00. The molecule has 8 aromatic carbocycles. The molecule has 0 aliphatic heterocycles. The second-order valence-corrected chi connectivity index (χ2v) is 15.4. The Morgan fingerprint density at radius 1 is 0.386 bits per heavy atom. The maximum Gasteiger partial charge on any atom is 0.164 e. The molecule has 6 heteroatoms. The highest BCUT2D eigenvalue weighted by molar-refractivity contribution is 7.26. The van der Waals surface area contributed by atoms with Gasteiger partial charge in [0.1, 0.15) is 11.2 Å². The number of rotatable bonds is 5. The number of furan rings is 1. The number of fused-ring (bicyclic) bond motifs is 9. The van der Waals surface area contributed by atoms with Crippen LogP contribution in [-0.4, -0.2) is 19.5 Å². The van der Waals surface area contributed by atoms with E-state index >= 15 is 0 Å². The van der Waals surface area contributed by atoms with Gasteiger partial charge in [-0.2, -0.15) is 0 Å². The molecule has 0 bridgehead atoms. The summed E-state index contributed by atoms with van der Waals surface area (Å²) in [7, 11) is 0. The van der Waals surface area contributed by atoms with Gasteiger partial charge in [-0.25, -0.2) is 15.0 Å². The molecule has 0 aliphatic rings. The molecule has 0 fully saturated rings. The lowest BCUT2D eigenvalue weighted by Gasteiger charge is -2.14. The van der Waals surface area contributed by atoms with Crippen LogP contribution in [0.25, 0.3) is 115 Å². The van der Waals surface area contributed by atoms with Crippen molar-refractivity contribution in [1.29, 1.82) is 0 Å². The Hall–Kier alpha value is -7.41. The zero-order chi connectivity index (χ0) is 37.5. The minimum atomic E-state index is 0.599. The average molecular weight is 747 g/mol. The van der Waals surface area contributed by atoms with Crippen molar-refractivity contribution in [2.24, 2.45) is 0 Å². The van der Waals surface area contributed by atoms with E-state index < -0.39 is 0 Å². The van der Waals surface area contributed by atoms with Crippen molar-refractivity contribution in [3.8, 4) is 51.0 Å². The van der Waals surface area contributed by atoms with Gasteiger partial charge in [0, 0.05) is 69.5 Å². The molecule has 0 spiro atoms. The van der Waals surface area contributed by atoms with E-state index in [1.165, 1.54) is 53.1 Å². The predicted molar refractivity (Wildman–Crippen MR) is 236 cm³/mol. The first kappa shape index (κ1) is 31.9. The zero-order valence-corrected chi connectivity index (χ0v) is 31.2. The first-order valence-corrected chi connectivity index (χ1v) is 19.8. The van der Waals surface area contributed by atoms with Crippen molar-refractivity contribution < 1.29 is 4.42 Å². The summed E-state index contributed by atoms with van der Waals surface area (Å²) in [6.07, 6.45) is 0. The summed E-state index contributed by atoms with van der Waals surface area (Å²) < 4.78 is 11.1. The molecule has 4 heterocycles. The fraction of sp³-hybridized carbons (Fsp3) is 0. The number of aromatic nitrogens is 4. The van der Waals surface area contributed by atoms with Gasteiger partial charge in [-0.15, -0.1) is 11.3 Å². The Morgan fingerprint density at radius 2 is 0.947 bits per heavy atom. The maximum atomic E-state index is 6.26. The number of hydrogen-bond acceptors (Lipinski definition) is 5. The molecular weight excluding hydrogens is 717 g/mol. The summed E-state index contributed by atoms with van der Waals surface area (Å²) in [5.41, 5.74) is 10.4. The highest BCUT2D eigenvalue weighted by Crippen LogP contribution is 2.44. The summed E-state index contributed by atoms with van der Waals surface area (Å²) in [5, 5.41) is 7.11. The van der Waals surface area contributed by atoms with Crippen molar-refractivity contribution >= 4 is 75.3 Å². The second kappa shape index (κ2) is 12.6. The van der Waals surface area contributed by atoms with Gasteiger partial charge in [0.25, 0.3) is 0 Å². The van der Waals surface area contributed by atoms with E-state index in [0.717, 1.165) is 44.3 Å². The van der Waals surface area contributed by atoms with Crippen molar-refractivity contribution in [2.45, 2.75) is 0 Å². The Labute approximate surface area is 330 Å². The normalized spacial score (nSPS) is 11.9. The SMILES string of the molecule is c1ccc(-c2nc(-c3ccc4c(c3)oc3ccccc34)nc(-c3ccc4c(c3)sc3c(-c5ccccc5-n5c6ccccc6c6ccccc65)cccc34)n2)cc1. The molecule has 0 unspecified atom stereocenters. The third-order valence-corrected chi connectivity index (χ3v) is 12.3. The largest absolute Gasteiger partial charge is 0.456 e. The molecule has 5 nitrogen and oxygen atoms in total. The monoisotopic (exact) mass is 746 g/mol. The number of hydrogen-bond donors (Lipinski definition) is 0. The van der Waals surface area contributed by atoms with Crippen LogP contribution in [-0.2, 0) is 0 Å². The van der Waals surface area contributed by atoms with Crippen molar-refractivity contribution in [3.05, 3.63) is 182 Å². The first-order chi connectivity index (χ1) is 28.2. The van der Waals surface area contributed by atoms with Crippen LogP contribution in [0.3, 0.4) is 0 Å². The quantitative estimate of drug-likeness (QED) is 0.176. The molecule has 0 aliphatic carbocycles. The topological polar surface area (TPSA) is 56.7 Å². The molecule has 0 amide bonds. The molecular formula is C51H30N4OS. The summed E-state index contributed by atoms with van der Waals surface area (Å²) >= 11 is 1.82. The van der Waals surface area contributed by atoms with E-state index in [2.05, 4.69) is 132 Å². The van der Waals surface area contributed by atoms with Gasteiger partial charge in [0.15, 0.2) is 17.5 Å². The van der Waals surface area contributed by atoms with Crippen molar-refractivity contribution in [2.75, 3.05) is 0 Å².